The van der Waals surface area contributed by atoms with E-state index >= 15 is 0 Å². The molecule has 0 radical (unpaired) electrons. The van der Waals surface area contributed by atoms with Gasteiger partial charge in [0.1, 0.15) is 0 Å². The van der Waals surface area contributed by atoms with Crippen molar-refractivity contribution < 1.29 is 0 Å². The first-order valence-corrected chi connectivity index (χ1v) is 5.94. The summed E-state index contributed by atoms with van der Waals surface area (Å²) in [5, 5.41) is 3.57. The van der Waals surface area contributed by atoms with Gasteiger partial charge in [0, 0.05) is 6.04 Å². The molecule has 0 atom stereocenters. The predicted octanol–water partition coefficient (Wildman–Crippen LogP) is 2.14. The lowest BCUT2D eigenvalue weighted by Crippen LogP contribution is -2.34. The van der Waals surface area contributed by atoms with E-state index in [0.29, 0.717) is 11.5 Å². The van der Waals surface area contributed by atoms with Crippen molar-refractivity contribution in [3.63, 3.8) is 0 Å². The highest BCUT2D eigenvalue weighted by Crippen LogP contribution is 2.22. The molecule has 0 unspecified atom stereocenters. The first-order chi connectivity index (χ1) is 6.47. The molecule has 1 aliphatic rings. The zero-order valence-corrected chi connectivity index (χ0v) is 9.97. The van der Waals surface area contributed by atoms with Crippen molar-refractivity contribution in [3.8, 4) is 0 Å². The number of rotatable bonds is 3. The minimum Gasteiger partial charge on any atom is -0.328 e. The van der Waals surface area contributed by atoms with E-state index in [2.05, 4.69) is 26.1 Å². The molecular weight excluding hydrogens is 172 g/mol. The minimum atomic E-state index is 0.408. The first-order valence-electron chi connectivity index (χ1n) is 5.94. The smallest absolute Gasteiger partial charge is 0.00390 e. The Morgan fingerprint density at radius 2 is 1.71 bits per heavy atom. The second-order valence-electron chi connectivity index (χ2n) is 5.97. The fraction of sp³-hybridized carbons (Fsp3) is 1.00. The third kappa shape index (κ3) is 4.97. The Morgan fingerprint density at radius 1 is 1.14 bits per heavy atom. The minimum absolute atomic E-state index is 0.408. The van der Waals surface area contributed by atoms with E-state index in [4.69, 9.17) is 5.73 Å². The maximum atomic E-state index is 5.87. The van der Waals surface area contributed by atoms with Gasteiger partial charge >= 0.3 is 0 Å². The van der Waals surface area contributed by atoms with Crippen LogP contribution in [0.3, 0.4) is 0 Å². The molecule has 0 bridgehead atoms. The first kappa shape index (κ1) is 12.0. The van der Waals surface area contributed by atoms with Gasteiger partial charge in [-0.05, 0) is 50.1 Å². The van der Waals surface area contributed by atoms with Crippen LogP contribution in [-0.4, -0.2) is 19.1 Å². The van der Waals surface area contributed by atoms with Crippen molar-refractivity contribution in [2.24, 2.45) is 17.1 Å². The van der Waals surface area contributed by atoms with E-state index in [9.17, 15) is 0 Å². The largest absolute Gasteiger partial charge is 0.328 e. The summed E-state index contributed by atoms with van der Waals surface area (Å²) < 4.78 is 0. The topological polar surface area (TPSA) is 38.0 Å². The molecule has 0 aromatic heterocycles. The molecule has 84 valence electrons. The van der Waals surface area contributed by atoms with Gasteiger partial charge in [0.05, 0.1) is 0 Å². The van der Waals surface area contributed by atoms with Gasteiger partial charge in [0.25, 0.3) is 0 Å². The normalized spacial score (nSPS) is 29.1. The highest BCUT2D eigenvalue weighted by molar-refractivity contribution is 4.76. The van der Waals surface area contributed by atoms with Crippen LogP contribution in [0.5, 0.6) is 0 Å². The molecular formula is C12H26N2. The van der Waals surface area contributed by atoms with Gasteiger partial charge in [0.15, 0.2) is 0 Å². The Kier molecular flexibility index (Phi) is 4.39. The van der Waals surface area contributed by atoms with Crippen molar-refractivity contribution >= 4 is 0 Å². The van der Waals surface area contributed by atoms with Crippen LogP contribution in [0.1, 0.15) is 46.5 Å². The number of nitrogens with two attached hydrogens (primary N) is 1. The molecule has 0 spiro atoms. The second-order valence-corrected chi connectivity index (χ2v) is 5.97. The Bertz CT molecular complexity index is 152. The Morgan fingerprint density at radius 3 is 2.21 bits per heavy atom. The fourth-order valence-corrected chi connectivity index (χ4v) is 2.04. The summed E-state index contributed by atoms with van der Waals surface area (Å²) in [7, 11) is 0. The van der Waals surface area contributed by atoms with Crippen molar-refractivity contribution in [1.82, 2.24) is 5.32 Å². The van der Waals surface area contributed by atoms with Crippen LogP contribution in [0, 0.1) is 11.3 Å². The number of hydrogen-bond donors (Lipinski definition) is 2. The van der Waals surface area contributed by atoms with Gasteiger partial charge < -0.3 is 11.1 Å². The summed E-state index contributed by atoms with van der Waals surface area (Å²) in [4.78, 5) is 0. The molecule has 0 aliphatic heterocycles. The van der Waals surface area contributed by atoms with Crippen molar-refractivity contribution in [3.05, 3.63) is 0 Å². The number of nitrogens with one attached hydrogen (secondary N) is 1. The van der Waals surface area contributed by atoms with E-state index in [0.717, 1.165) is 12.5 Å². The van der Waals surface area contributed by atoms with Gasteiger partial charge in [-0.25, -0.2) is 0 Å². The Balaban J connectivity index is 2.08. The molecule has 1 saturated carbocycles. The molecule has 0 aromatic rings. The highest BCUT2D eigenvalue weighted by Gasteiger charge is 2.18. The van der Waals surface area contributed by atoms with E-state index < -0.39 is 0 Å². The monoisotopic (exact) mass is 198 g/mol. The van der Waals surface area contributed by atoms with E-state index in [1.54, 1.807) is 0 Å². The molecule has 0 heterocycles. The van der Waals surface area contributed by atoms with E-state index in [1.807, 2.05) is 0 Å². The van der Waals surface area contributed by atoms with Crippen LogP contribution in [0.25, 0.3) is 0 Å². The SMILES string of the molecule is CC(C)(C)CNCC1CCC(N)CC1. The Hall–Kier alpha value is -0.0800. The van der Waals surface area contributed by atoms with Crippen LogP contribution < -0.4 is 11.1 Å². The molecule has 0 aromatic carbocycles. The van der Waals surface area contributed by atoms with Crippen molar-refractivity contribution in [2.45, 2.75) is 52.5 Å². The fourth-order valence-electron chi connectivity index (χ4n) is 2.04. The van der Waals surface area contributed by atoms with Gasteiger partial charge in [0.2, 0.25) is 0 Å². The van der Waals surface area contributed by atoms with Crippen LogP contribution in [0.15, 0.2) is 0 Å². The van der Waals surface area contributed by atoms with E-state index in [-0.39, 0.29) is 0 Å². The third-order valence-corrected chi connectivity index (χ3v) is 2.98. The summed E-state index contributed by atoms with van der Waals surface area (Å²) in [6.07, 6.45) is 5.08. The van der Waals surface area contributed by atoms with Crippen LogP contribution in [-0.2, 0) is 0 Å². The second kappa shape index (κ2) is 5.13. The lowest BCUT2D eigenvalue weighted by molar-refractivity contribution is 0.294. The molecule has 3 N–H and O–H groups in total. The zero-order chi connectivity index (χ0) is 10.6. The molecule has 2 heteroatoms. The lowest BCUT2D eigenvalue weighted by Gasteiger charge is -2.27. The van der Waals surface area contributed by atoms with Gasteiger partial charge in [-0.2, -0.15) is 0 Å². The molecule has 1 rings (SSSR count). The average Bonchev–Trinajstić information content (AvgIpc) is 2.06. The van der Waals surface area contributed by atoms with Gasteiger partial charge in [-0.15, -0.1) is 0 Å². The summed E-state index contributed by atoms with van der Waals surface area (Å²) in [5.74, 6) is 0.872. The summed E-state index contributed by atoms with van der Waals surface area (Å²) in [6.45, 7) is 9.13. The summed E-state index contributed by atoms with van der Waals surface area (Å²) in [5.41, 5.74) is 6.28. The summed E-state index contributed by atoms with van der Waals surface area (Å²) in [6, 6.07) is 0.480. The highest BCUT2D eigenvalue weighted by atomic mass is 14.9. The summed E-state index contributed by atoms with van der Waals surface area (Å²) >= 11 is 0. The lowest BCUT2D eigenvalue weighted by atomic mass is 9.86. The molecule has 1 fully saturated rings. The maximum absolute atomic E-state index is 5.87. The van der Waals surface area contributed by atoms with Crippen LogP contribution in [0.2, 0.25) is 0 Å². The van der Waals surface area contributed by atoms with Crippen LogP contribution in [0.4, 0.5) is 0 Å². The van der Waals surface area contributed by atoms with Crippen LogP contribution >= 0.6 is 0 Å². The Labute approximate surface area is 88.6 Å². The van der Waals surface area contributed by atoms with Crippen molar-refractivity contribution in [2.75, 3.05) is 13.1 Å². The van der Waals surface area contributed by atoms with Gasteiger partial charge in [-0.1, -0.05) is 20.8 Å². The maximum Gasteiger partial charge on any atom is 0.00390 e. The van der Waals surface area contributed by atoms with E-state index in [1.165, 1.54) is 32.2 Å². The molecule has 0 saturated heterocycles. The molecule has 0 amide bonds. The zero-order valence-electron chi connectivity index (χ0n) is 9.97. The predicted molar refractivity (Wildman–Crippen MR) is 62.3 cm³/mol. The standard InChI is InChI=1S/C12H26N2/c1-12(2,3)9-14-8-10-4-6-11(13)7-5-10/h10-11,14H,4-9,13H2,1-3H3. The third-order valence-electron chi connectivity index (χ3n) is 2.98. The van der Waals surface area contributed by atoms with Gasteiger partial charge in [-0.3, -0.25) is 0 Å². The quantitative estimate of drug-likeness (QED) is 0.729. The number of hydrogen-bond acceptors (Lipinski definition) is 2. The average molecular weight is 198 g/mol. The molecule has 2 nitrogen and oxygen atoms in total. The molecule has 1 aliphatic carbocycles. The van der Waals surface area contributed by atoms with Crippen molar-refractivity contribution in [1.29, 1.82) is 0 Å². The molecule has 14 heavy (non-hydrogen) atoms.